The summed E-state index contributed by atoms with van der Waals surface area (Å²) in [4.78, 5) is 13.5. The van der Waals surface area contributed by atoms with Crippen LogP contribution in [-0.2, 0) is 16.1 Å². The number of hydrogen-bond acceptors (Lipinski definition) is 3. The van der Waals surface area contributed by atoms with Crippen molar-refractivity contribution < 1.29 is 13.9 Å². The monoisotopic (exact) mass is 331 g/mol. The van der Waals surface area contributed by atoms with Crippen LogP contribution in [0.5, 0.6) is 0 Å². The highest BCUT2D eigenvalue weighted by molar-refractivity contribution is 9.10. The fourth-order valence-electron chi connectivity index (χ4n) is 1.88. The van der Waals surface area contributed by atoms with Crippen LogP contribution >= 0.6 is 15.9 Å². The third kappa shape index (κ3) is 6.16. The van der Waals surface area contributed by atoms with Gasteiger partial charge in [0.25, 0.3) is 0 Å². The molecule has 0 aromatic heterocycles. The highest BCUT2D eigenvalue weighted by Crippen LogP contribution is 2.16. The van der Waals surface area contributed by atoms with Crippen molar-refractivity contribution in [1.82, 2.24) is 4.90 Å². The van der Waals surface area contributed by atoms with E-state index in [0.29, 0.717) is 17.6 Å². The lowest BCUT2D eigenvalue weighted by molar-refractivity contribution is -0.144. The number of ether oxygens (including phenoxy) is 1. The molecular formula is C14H19BrFNO2. The minimum atomic E-state index is -0.281. The van der Waals surface area contributed by atoms with E-state index >= 15 is 0 Å². The molecule has 0 bridgehead atoms. The van der Waals surface area contributed by atoms with Crippen LogP contribution in [0.1, 0.15) is 25.8 Å². The van der Waals surface area contributed by atoms with Gasteiger partial charge in [-0.1, -0.05) is 22.9 Å². The normalized spacial score (nSPS) is 10.8. The maximum absolute atomic E-state index is 13.3. The van der Waals surface area contributed by atoms with Crippen molar-refractivity contribution in [2.24, 2.45) is 0 Å². The van der Waals surface area contributed by atoms with Crippen molar-refractivity contribution in [3.63, 3.8) is 0 Å². The maximum Gasteiger partial charge on any atom is 0.320 e. The summed E-state index contributed by atoms with van der Waals surface area (Å²) in [7, 11) is 0. The molecule has 1 aromatic carbocycles. The predicted octanol–water partition coefficient (Wildman–Crippen LogP) is 3.36. The Bertz CT molecular complexity index is 406. The van der Waals surface area contributed by atoms with Crippen molar-refractivity contribution in [2.75, 3.05) is 19.7 Å². The maximum atomic E-state index is 13.3. The molecule has 3 nitrogen and oxygen atoms in total. The highest BCUT2D eigenvalue weighted by atomic mass is 79.9. The zero-order chi connectivity index (χ0) is 14.3. The van der Waals surface area contributed by atoms with Crippen LogP contribution in [0.3, 0.4) is 0 Å². The van der Waals surface area contributed by atoms with Crippen molar-refractivity contribution in [2.45, 2.75) is 26.8 Å². The minimum absolute atomic E-state index is 0.232. The van der Waals surface area contributed by atoms with Crippen molar-refractivity contribution in [3.8, 4) is 0 Å². The van der Waals surface area contributed by atoms with Gasteiger partial charge in [-0.15, -0.1) is 0 Å². The number of rotatable bonds is 7. The molecule has 1 aromatic rings. The summed E-state index contributed by atoms with van der Waals surface area (Å²) < 4.78 is 19.0. The Balaban J connectivity index is 2.68. The average molecular weight is 332 g/mol. The molecule has 0 radical (unpaired) electrons. The first-order chi connectivity index (χ1) is 9.05. The van der Waals surface area contributed by atoms with E-state index < -0.39 is 0 Å². The van der Waals surface area contributed by atoms with Gasteiger partial charge in [-0.3, -0.25) is 9.69 Å². The third-order valence-electron chi connectivity index (χ3n) is 2.53. The minimum Gasteiger partial charge on any atom is -0.465 e. The molecule has 106 valence electrons. The Morgan fingerprint density at radius 3 is 2.68 bits per heavy atom. The molecular weight excluding hydrogens is 313 g/mol. The van der Waals surface area contributed by atoms with E-state index in [1.807, 2.05) is 17.9 Å². The first-order valence-corrected chi connectivity index (χ1v) is 7.17. The fourth-order valence-corrected chi connectivity index (χ4v) is 2.39. The molecule has 0 aliphatic carbocycles. The summed E-state index contributed by atoms with van der Waals surface area (Å²) in [6.45, 7) is 5.74. The van der Waals surface area contributed by atoms with Crippen LogP contribution < -0.4 is 0 Å². The Hall–Kier alpha value is -0.940. The number of nitrogens with zero attached hydrogens (tertiary/aromatic N) is 1. The zero-order valence-corrected chi connectivity index (χ0v) is 12.9. The molecule has 0 heterocycles. The number of carbonyl (C=O) groups excluding carboxylic acids is 1. The van der Waals surface area contributed by atoms with E-state index in [1.165, 1.54) is 12.1 Å². The lowest BCUT2D eigenvalue weighted by Crippen LogP contribution is -2.31. The molecule has 0 saturated heterocycles. The summed E-state index contributed by atoms with van der Waals surface area (Å²) in [5.41, 5.74) is 0.838. The van der Waals surface area contributed by atoms with Crippen LogP contribution in [-0.4, -0.2) is 30.6 Å². The standard InChI is InChI=1S/C14H19BrFNO2/c1-3-5-17(10-14(18)19-4-2)9-11-6-12(15)8-13(16)7-11/h6-8H,3-5,9-10H2,1-2H3. The second-order valence-corrected chi connectivity index (χ2v) is 5.21. The Labute approximate surface area is 121 Å². The van der Waals surface area contributed by atoms with Crippen LogP contribution in [0, 0.1) is 5.82 Å². The van der Waals surface area contributed by atoms with Gasteiger partial charge >= 0.3 is 5.97 Å². The molecule has 0 amide bonds. The number of carbonyl (C=O) groups is 1. The quantitative estimate of drug-likeness (QED) is 0.717. The van der Waals surface area contributed by atoms with Crippen molar-refractivity contribution in [1.29, 1.82) is 0 Å². The summed E-state index contributed by atoms with van der Waals surface area (Å²) in [5, 5.41) is 0. The van der Waals surface area contributed by atoms with Crippen molar-refractivity contribution >= 4 is 21.9 Å². The molecule has 0 fully saturated rings. The molecule has 0 aliphatic rings. The highest BCUT2D eigenvalue weighted by Gasteiger charge is 2.12. The molecule has 1 rings (SSSR count). The smallest absolute Gasteiger partial charge is 0.320 e. The average Bonchev–Trinajstić information content (AvgIpc) is 2.27. The first-order valence-electron chi connectivity index (χ1n) is 6.38. The van der Waals surface area contributed by atoms with Crippen LogP contribution in [0.15, 0.2) is 22.7 Å². The molecule has 5 heteroatoms. The number of halogens is 2. The van der Waals surface area contributed by atoms with Gasteiger partial charge in [-0.2, -0.15) is 0 Å². The second-order valence-electron chi connectivity index (χ2n) is 4.29. The van der Waals surface area contributed by atoms with Gasteiger partial charge in [-0.25, -0.2) is 4.39 Å². The molecule has 0 saturated carbocycles. The molecule has 0 spiro atoms. The first kappa shape index (κ1) is 16.1. The van der Waals surface area contributed by atoms with Crippen LogP contribution in [0.25, 0.3) is 0 Å². The van der Waals surface area contributed by atoms with E-state index in [9.17, 15) is 9.18 Å². The Morgan fingerprint density at radius 2 is 2.11 bits per heavy atom. The van der Waals surface area contributed by atoms with E-state index in [-0.39, 0.29) is 18.3 Å². The predicted molar refractivity (Wildman–Crippen MR) is 76.3 cm³/mol. The Kier molecular flexibility index (Phi) is 7.02. The van der Waals surface area contributed by atoms with E-state index in [0.717, 1.165) is 18.5 Å². The van der Waals surface area contributed by atoms with Gasteiger partial charge in [0.1, 0.15) is 5.82 Å². The second kappa shape index (κ2) is 8.27. The van der Waals surface area contributed by atoms with Gasteiger partial charge < -0.3 is 4.74 Å². The van der Waals surface area contributed by atoms with E-state index in [4.69, 9.17) is 4.74 Å². The third-order valence-corrected chi connectivity index (χ3v) is 2.98. The lowest BCUT2D eigenvalue weighted by atomic mass is 10.2. The van der Waals surface area contributed by atoms with Gasteiger partial charge in [0.2, 0.25) is 0 Å². The van der Waals surface area contributed by atoms with Crippen LogP contribution in [0.4, 0.5) is 4.39 Å². The fraction of sp³-hybridized carbons (Fsp3) is 0.500. The Morgan fingerprint density at radius 1 is 1.37 bits per heavy atom. The summed E-state index contributed by atoms with van der Waals surface area (Å²) in [5.74, 6) is -0.525. The molecule has 0 atom stereocenters. The number of esters is 1. The van der Waals surface area contributed by atoms with Gasteiger partial charge in [0, 0.05) is 11.0 Å². The van der Waals surface area contributed by atoms with Gasteiger partial charge in [0.15, 0.2) is 0 Å². The van der Waals surface area contributed by atoms with Gasteiger partial charge in [-0.05, 0) is 43.7 Å². The largest absolute Gasteiger partial charge is 0.465 e. The molecule has 0 unspecified atom stereocenters. The van der Waals surface area contributed by atoms with Gasteiger partial charge in [0.05, 0.1) is 13.2 Å². The number of hydrogen-bond donors (Lipinski definition) is 0. The molecule has 0 N–H and O–H groups in total. The molecule has 19 heavy (non-hydrogen) atoms. The van der Waals surface area contributed by atoms with Crippen LogP contribution in [0.2, 0.25) is 0 Å². The van der Waals surface area contributed by atoms with E-state index in [1.54, 1.807) is 6.92 Å². The molecule has 0 aliphatic heterocycles. The topological polar surface area (TPSA) is 29.5 Å². The van der Waals surface area contributed by atoms with Crippen molar-refractivity contribution in [3.05, 3.63) is 34.1 Å². The summed E-state index contributed by atoms with van der Waals surface area (Å²) in [6.07, 6.45) is 0.926. The summed E-state index contributed by atoms with van der Waals surface area (Å²) in [6, 6.07) is 4.76. The summed E-state index contributed by atoms with van der Waals surface area (Å²) >= 11 is 3.27. The van der Waals surface area contributed by atoms with E-state index in [2.05, 4.69) is 15.9 Å². The lowest BCUT2D eigenvalue weighted by Gasteiger charge is -2.20. The SMILES string of the molecule is CCCN(CC(=O)OCC)Cc1cc(F)cc(Br)c1. The number of benzene rings is 1. The zero-order valence-electron chi connectivity index (χ0n) is 11.3.